The lowest BCUT2D eigenvalue weighted by molar-refractivity contribution is 0.170. The van der Waals surface area contributed by atoms with E-state index in [0.29, 0.717) is 24.7 Å². The van der Waals surface area contributed by atoms with Gasteiger partial charge in [0.05, 0.1) is 0 Å². The van der Waals surface area contributed by atoms with Crippen molar-refractivity contribution >= 4 is 0 Å². The monoisotopic (exact) mass is 237 g/mol. The van der Waals surface area contributed by atoms with Crippen molar-refractivity contribution in [1.29, 1.82) is 0 Å². The molecule has 0 aromatic heterocycles. The van der Waals surface area contributed by atoms with Crippen LogP contribution in [0.3, 0.4) is 0 Å². The minimum absolute atomic E-state index is 0.178. The van der Waals surface area contributed by atoms with Crippen LogP contribution in [0.25, 0.3) is 0 Å². The van der Waals surface area contributed by atoms with E-state index in [4.69, 9.17) is 9.47 Å². The van der Waals surface area contributed by atoms with Gasteiger partial charge in [0.15, 0.2) is 11.5 Å². The van der Waals surface area contributed by atoms with Crippen molar-refractivity contribution in [2.24, 2.45) is 0 Å². The molecule has 0 saturated carbocycles. The summed E-state index contributed by atoms with van der Waals surface area (Å²) in [5.74, 6) is 1.28. The molecule has 3 rings (SSSR count). The van der Waals surface area contributed by atoms with Gasteiger partial charge in [-0.3, -0.25) is 0 Å². The molecule has 1 atom stereocenters. The lowest BCUT2D eigenvalue weighted by Crippen LogP contribution is -2.29. The number of fused-ring (bicyclic) bond motifs is 1. The zero-order valence-corrected chi connectivity index (χ0v) is 9.67. The zero-order valence-electron chi connectivity index (χ0n) is 9.67. The Kier molecular flexibility index (Phi) is 2.89. The maximum absolute atomic E-state index is 14.0. The van der Waals surface area contributed by atoms with Gasteiger partial charge in [-0.25, -0.2) is 4.39 Å². The van der Waals surface area contributed by atoms with Crippen molar-refractivity contribution < 1.29 is 13.9 Å². The number of ether oxygens (including phenoxy) is 2. The van der Waals surface area contributed by atoms with Crippen LogP contribution in [0.5, 0.6) is 11.5 Å². The van der Waals surface area contributed by atoms with E-state index < -0.39 is 0 Å². The molecule has 3 nitrogen and oxygen atoms in total. The second-order valence-corrected chi connectivity index (χ2v) is 4.56. The third-order valence-electron chi connectivity index (χ3n) is 3.40. The molecule has 1 N–H and O–H groups in total. The number of rotatable bonds is 1. The van der Waals surface area contributed by atoms with Gasteiger partial charge in [0.25, 0.3) is 0 Å². The third-order valence-corrected chi connectivity index (χ3v) is 3.40. The molecule has 0 aliphatic carbocycles. The van der Waals surface area contributed by atoms with Crippen molar-refractivity contribution in [3.05, 3.63) is 23.5 Å². The second kappa shape index (κ2) is 4.53. The average Bonchev–Trinajstić information content (AvgIpc) is 2.39. The largest absolute Gasteiger partial charge is 0.486 e. The van der Waals surface area contributed by atoms with Gasteiger partial charge >= 0.3 is 0 Å². The van der Waals surface area contributed by atoms with E-state index in [2.05, 4.69) is 5.32 Å². The minimum atomic E-state index is -0.178. The number of benzene rings is 1. The summed E-state index contributed by atoms with van der Waals surface area (Å²) in [6.45, 7) is 2.91. The summed E-state index contributed by atoms with van der Waals surface area (Å²) in [5.41, 5.74) is 0.751. The number of hydrogen-bond acceptors (Lipinski definition) is 3. The molecule has 1 saturated heterocycles. The zero-order chi connectivity index (χ0) is 11.7. The third kappa shape index (κ3) is 2.09. The molecule has 17 heavy (non-hydrogen) atoms. The lowest BCUT2D eigenvalue weighted by Gasteiger charge is -2.25. The van der Waals surface area contributed by atoms with Crippen LogP contribution in [0, 0.1) is 5.82 Å². The summed E-state index contributed by atoms with van der Waals surface area (Å²) >= 11 is 0. The molecular formula is C13H16FNO2. The SMILES string of the molecule is Fc1cc2c(cc1C1CCCNC1)OCCO2. The van der Waals surface area contributed by atoms with Crippen molar-refractivity contribution in [1.82, 2.24) is 5.32 Å². The first kappa shape index (κ1) is 10.8. The lowest BCUT2D eigenvalue weighted by atomic mass is 9.91. The highest BCUT2D eigenvalue weighted by Crippen LogP contribution is 2.36. The molecule has 92 valence electrons. The van der Waals surface area contributed by atoms with Crippen LogP contribution in [0.1, 0.15) is 24.3 Å². The van der Waals surface area contributed by atoms with Gasteiger partial charge in [-0.1, -0.05) is 0 Å². The van der Waals surface area contributed by atoms with Crippen LogP contribution in [0.2, 0.25) is 0 Å². The molecule has 1 fully saturated rings. The molecule has 1 aromatic rings. The quantitative estimate of drug-likeness (QED) is 0.811. The molecular weight excluding hydrogens is 221 g/mol. The Bertz CT molecular complexity index is 416. The summed E-state index contributed by atoms with van der Waals surface area (Å²) in [5, 5.41) is 3.30. The van der Waals surface area contributed by atoms with Gasteiger partial charge in [-0.05, 0) is 36.9 Å². The molecule has 2 heterocycles. The van der Waals surface area contributed by atoms with Crippen LogP contribution in [-0.2, 0) is 0 Å². The predicted molar refractivity (Wildman–Crippen MR) is 62.2 cm³/mol. The standard InChI is InChI=1S/C13H16FNO2/c14-11-7-13-12(16-4-5-17-13)6-10(11)9-2-1-3-15-8-9/h6-7,9,15H,1-5,8H2. The smallest absolute Gasteiger partial charge is 0.164 e. The van der Waals surface area contributed by atoms with Crippen LogP contribution in [0.15, 0.2) is 12.1 Å². The number of halogens is 1. The molecule has 0 amide bonds. The van der Waals surface area contributed by atoms with Gasteiger partial charge in [0.1, 0.15) is 19.0 Å². The number of piperidine rings is 1. The second-order valence-electron chi connectivity index (χ2n) is 4.56. The van der Waals surface area contributed by atoms with Gasteiger partial charge in [-0.2, -0.15) is 0 Å². The van der Waals surface area contributed by atoms with Gasteiger partial charge in [-0.15, -0.1) is 0 Å². The maximum Gasteiger partial charge on any atom is 0.164 e. The van der Waals surface area contributed by atoms with Crippen molar-refractivity contribution in [2.75, 3.05) is 26.3 Å². The summed E-state index contributed by atoms with van der Waals surface area (Å²) in [6.07, 6.45) is 2.13. The molecule has 1 aromatic carbocycles. The highest BCUT2D eigenvalue weighted by Gasteiger charge is 2.22. The fourth-order valence-electron chi connectivity index (χ4n) is 2.51. The summed E-state index contributed by atoms with van der Waals surface area (Å²) in [7, 11) is 0. The van der Waals surface area contributed by atoms with E-state index in [1.54, 1.807) is 0 Å². The fraction of sp³-hybridized carbons (Fsp3) is 0.538. The van der Waals surface area contributed by atoms with Crippen LogP contribution in [0.4, 0.5) is 4.39 Å². The normalized spacial score (nSPS) is 23.5. The Labute approximate surface area is 99.9 Å². The summed E-state index contributed by atoms with van der Waals surface area (Å²) in [6, 6.07) is 3.26. The van der Waals surface area contributed by atoms with E-state index in [-0.39, 0.29) is 11.7 Å². The van der Waals surface area contributed by atoms with E-state index in [0.717, 1.165) is 31.5 Å². The molecule has 0 radical (unpaired) electrons. The first-order valence-corrected chi connectivity index (χ1v) is 6.14. The van der Waals surface area contributed by atoms with E-state index in [1.165, 1.54) is 6.07 Å². The number of nitrogens with one attached hydrogen (secondary N) is 1. The average molecular weight is 237 g/mol. The summed E-state index contributed by atoms with van der Waals surface area (Å²) in [4.78, 5) is 0. The minimum Gasteiger partial charge on any atom is -0.486 e. The van der Waals surface area contributed by atoms with Crippen molar-refractivity contribution in [3.63, 3.8) is 0 Å². The van der Waals surface area contributed by atoms with Gasteiger partial charge in [0, 0.05) is 12.6 Å². The molecule has 4 heteroatoms. The van der Waals surface area contributed by atoms with Gasteiger partial charge in [0.2, 0.25) is 0 Å². The number of hydrogen-bond donors (Lipinski definition) is 1. The van der Waals surface area contributed by atoms with E-state index >= 15 is 0 Å². The van der Waals surface area contributed by atoms with Crippen LogP contribution >= 0.6 is 0 Å². The summed E-state index contributed by atoms with van der Waals surface area (Å²) < 4.78 is 24.9. The maximum atomic E-state index is 14.0. The highest BCUT2D eigenvalue weighted by molar-refractivity contribution is 5.45. The van der Waals surface area contributed by atoms with Gasteiger partial charge < -0.3 is 14.8 Å². The van der Waals surface area contributed by atoms with Crippen LogP contribution in [-0.4, -0.2) is 26.3 Å². The Morgan fingerprint density at radius 3 is 2.65 bits per heavy atom. The van der Waals surface area contributed by atoms with Crippen molar-refractivity contribution in [3.8, 4) is 11.5 Å². The molecule has 2 aliphatic heterocycles. The highest BCUT2D eigenvalue weighted by atomic mass is 19.1. The predicted octanol–water partition coefficient (Wildman–Crippen LogP) is 2.06. The van der Waals surface area contributed by atoms with Crippen molar-refractivity contribution in [2.45, 2.75) is 18.8 Å². The topological polar surface area (TPSA) is 30.5 Å². The van der Waals surface area contributed by atoms with E-state index in [1.807, 2.05) is 6.07 Å². The Morgan fingerprint density at radius 1 is 1.18 bits per heavy atom. The van der Waals surface area contributed by atoms with E-state index in [9.17, 15) is 4.39 Å². The fourth-order valence-corrected chi connectivity index (χ4v) is 2.51. The first-order valence-electron chi connectivity index (χ1n) is 6.14. The Balaban J connectivity index is 1.93. The molecule has 0 bridgehead atoms. The Hall–Kier alpha value is -1.29. The molecule has 0 spiro atoms. The first-order chi connectivity index (χ1) is 8.34. The molecule has 1 unspecified atom stereocenters. The van der Waals surface area contributed by atoms with Crippen LogP contribution < -0.4 is 14.8 Å². The Morgan fingerprint density at radius 2 is 1.94 bits per heavy atom. The molecule has 2 aliphatic rings.